The molecule has 0 saturated carbocycles. The van der Waals surface area contributed by atoms with Crippen molar-refractivity contribution < 1.29 is 5.11 Å². The maximum Gasteiger partial charge on any atom is 0.160 e. The van der Waals surface area contributed by atoms with Crippen LogP contribution in [0.1, 0.15) is 35.1 Å². The summed E-state index contributed by atoms with van der Waals surface area (Å²) in [6.45, 7) is 6.88. The van der Waals surface area contributed by atoms with E-state index in [0.29, 0.717) is 6.54 Å². The first-order valence-electron chi connectivity index (χ1n) is 12.5. The number of nitrogens with zero attached hydrogens (tertiary/aromatic N) is 4. The topological polar surface area (TPSA) is 127 Å². The largest absolute Gasteiger partial charge is 0.507 e. The fourth-order valence-corrected chi connectivity index (χ4v) is 4.88. The van der Waals surface area contributed by atoms with E-state index >= 15 is 0 Å². The number of hydrogen-bond acceptors (Lipinski definition) is 6. The van der Waals surface area contributed by atoms with Gasteiger partial charge in [0.2, 0.25) is 0 Å². The molecule has 0 radical (unpaired) electrons. The molecule has 8 heteroatoms. The lowest BCUT2D eigenvalue weighted by molar-refractivity contribution is 0.477. The maximum absolute atomic E-state index is 10.4. The second-order valence-corrected chi connectivity index (χ2v) is 9.32. The Balaban J connectivity index is 1.55. The molecule has 0 atom stereocenters. The molecular formula is C30H31N7O. The van der Waals surface area contributed by atoms with Gasteiger partial charge in [-0.05, 0) is 65.9 Å². The Kier molecular flexibility index (Phi) is 6.81. The summed E-state index contributed by atoms with van der Waals surface area (Å²) in [5.41, 5.74) is 17.8. The summed E-state index contributed by atoms with van der Waals surface area (Å²) in [5.74, 6) is 6.90. The van der Waals surface area contributed by atoms with E-state index < -0.39 is 0 Å². The first-order valence-corrected chi connectivity index (χ1v) is 12.5. The van der Waals surface area contributed by atoms with Gasteiger partial charge in [-0.3, -0.25) is 0 Å². The number of phenolic OH excluding ortho intramolecular Hbond substituents is 1. The molecule has 2 heterocycles. The highest BCUT2D eigenvalue weighted by molar-refractivity contribution is 6.04. The van der Waals surface area contributed by atoms with Crippen molar-refractivity contribution in [2.45, 2.75) is 33.7 Å². The highest BCUT2D eigenvalue weighted by atomic mass is 16.3. The fraction of sp³-hybridized carbons (Fsp3) is 0.167. The number of aryl methyl sites for hydroxylation is 3. The number of benzene rings is 3. The summed E-state index contributed by atoms with van der Waals surface area (Å²) in [4.78, 5) is 9.66. The minimum Gasteiger partial charge on any atom is -0.507 e. The van der Waals surface area contributed by atoms with Crippen LogP contribution in [0.4, 0.5) is 0 Å². The SMILES string of the molecule is CCc1nc2c(C)cc(C)nc2n1Cc1ccc(-c2cc(-c3ccccc3O)ccc2/C(N)=N/NN)cc1. The Morgan fingerprint density at radius 2 is 1.68 bits per heavy atom. The molecule has 0 aliphatic heterocycles. The van der Waals surface area contributed by atoms with E-state index in [0.717, 1.165) is 68.0 Å². The highest BCUT2D eigenvalue weighted by Crippen LogP contribution is 2.34. The molecule has 192 valence electrons. The average Bonchev–Trinajstić information content (AvgIpc) is 3.26. The number of fused-ring (bicyclic) bond motifs is 1. The van der Waals surface area contributed by atoms with Gasteiger partial charge in [0.1, 0.15) is 17.1 Å². The molecule has 3 aromatic carbocycles. The number of phenols is 1. The minimum absolute atomic E-state index is 0.213. The Morgan fingerprint density at radius 3 is 2.39 bits per heavy atom. The lowest BCUT2D eigenvalue weighted by Gasteiger charge is -2.14. The van der Waals surface area contributed by atoms with Crippen molar-refractivity contribution in [2.75, 3.05) is 0 Å². The van der Waals surface area contributed by atoms with Crippen molar-refractivity contribution in [3.63, 3.8) is 0 Å². The van der Waals surface area contributed by atoms with Crippen LogP contribution in [0.5, 0.6) is 5.75 Å². The highest BCUT2D eigenvalue weighted by Gasteiger charge is 2.15. The van der Waals surface area contributed by atoms with Crippen LogP contribution in [0.2, 0.25) is 0 Å². The second kappa shape index (κ2) is 10.4. The lowest BCUT2D eigenvalue weighted by Crippen LogP contribution is -2.23. The van der Waals surface area contributed by atoms with Crippen LogP contribution in [0.3, 0.4) is 0 Å². The number of hydrazine groups is 1. The zero-order chi connectivity index (χ0) is 26.8. The lowest BCUT2D eigenvalue weighted by atomic mass is 9.93. The van der Waals surface area contributed by atoms with Gasteiger partial charge in [0, 0.05) is 23.2 Å². The standard InChI is InChI=1S/C30H31N7O/c1-4-27-34-28-18(2)15-19(3)33-30(28)37(27)17-20-9-11-21(12-10-20)25-16-22(23-7-5-6-8-26(23)38)13-14-24(25)29(31)35-36-32/h5-16,36,38H,4,17,32H2,1-3H3,(H2,31,35). The number of aromatic nitrogens is 3. The van der Waals surface area contributed by atoms with Crippen molar-refractivity contribution in [3.05, 3.63) is 101 Å². The molecule has 0 fully saturated rings. The van der Waals surface area contributed by atoms with Crippen LogP contribution in [0.15, 0.2) is 77.9 Å². The molecule has 0 aliphatic carbocycles. The Labute approximate surface area is 221 Å². The van der Waals surface area contributed by atoms with Gasteiger partial charge < -0.3 is 15.4 Å². The normalized spacial score (nSPS) is 11.7. The molecule has 0 aliphatic rings. The van der Waals surface area contributed by atoms with Crippen LogP contribution >= 0.6 is 0 Å². The first-order chi connectivity index (χ1) is 18.4. The number of pyridine rings is 1. The summed E-state index contributed by atoms with van der Waals surface area (Å²) in [7, 11) is 0. The first kappa shape index (κ1) is 25.0. The summed E-state index contributed by atoms with van der Waals surface area (Å²) < 4.78 is 2.20. The van der Waals surface area contributed by atoms with Crippen LogP contribution in [0.25, 0.3) is 33.4 Å². The molecule has 6 N–H and O–H groups in total. The second-order valence-electron chi connectivity index (χ2n) is 9.32. The molecule has 2 aromatic heterocycles. The van der Waals surface area contributed by atoms with E-state index in [4.69, 9.17) is 21.5 Å². The van der Waals surface area contributed by atoms with Crippen molar-refractivity contribution in [1.29, 1.82) is 0 Å². The number of hydrazone groups is 1. The average molecular weight is 506 g/mol. The summed E-state index contributed by atoms with van der Waals surface area (Å²) in [6.07, 6.45) is 0.823. The third-order valence-electron chi connectivity index (χ3n) is 6.72. The number of rotatable bonds is 7. The molecule has 0 unspecified atom stereocenters. The van der Waals surface area contributed by atoms with E-state index in [2.05, 4.69) is 59.4 Å². The molecule has 8 nitrogen and oxygen atoms in total. The molecule has 5 aromatic rings. The third kappa shape index (κ3) is 4.69. The van der Waals surface area contributed by atoms with E-state index in [1.807, 2.05) is 37.3 Å². The van der Waals surface area contributed by atoms with Gasteiger partial charge in [0.15, 0.2) is 11.5 Å². The van der Waals surface area contributed by atoms with E-state index in [1.54, 1.807) is 12.1 Å². The van der Waals surface area contributed by atoms with Gasteiger partial charge in [-0.1, -0.05) is 55.5 Å². The number of imidazole rings is 1. The summed E-state index contributed by atoms with van der Waals surface area (Å²) >= 11 is 0. The fourth-order valence-electron chi connectivity index (χ4n) is 4.88. The van der Waals surface area contributed by atoms with Crippen LogP contribution in [-0.4, -0.2) is 25.5 Å². The molecule has 38 heavy (non-hydrogen) atoms. The van der Waals surface area contributed by atoms with Crippen molar-refractivity contribution >= 4 is 17.0 Å². The van der Waals surface area contributed by atoms with Crippen molar-refractivity contribution in [1.82, 2.24) is 20.1 Å². The number of amidine groups is 1. The van der Waals surface area contributed by atoms with E-state index in [9.17, 15) is 5.11 Å². The van der Waals surface area contributed by atoms with Crippen molar-refractivity contribution in [3.8, 4) is 28.0 Å². The van der Waals surface area contributed by atoms with Gasteiger partial charge in [-0.25, -0.2) is 21.3 Å². The number of nitrogens with one attached hydrogen (secondary N) is 1. The Morgan fingerprint density at radius 1 is 0.947 bits per heavy atom. The molecule has 0 saturated heterocycles. The molecule has 0 bridgehead atoms. The van der Waals surface area contributed by atoms with Crippen LogP contribution in [0, 0.1) is 13.8 Å². The van der Waals surface area contributed by atoms with Crippen LogP contribution < -0.4 is 17.1 Å². The minimum atomic E-state index is 0.213. The van der Waals surface area contributed by atoms with Gasteiger partial charge in [-0.15, -0.1) is 5.10 Å². The van der Waals surface area contributed by atoms with Gasteiger partial charge in [0.25, 0.3) is 0 Å². The number of para-hydroxylation sites is 1. The smallest absolute Gasteiger partial charge is 0.160 e. The summed E-state index contributed by atoms with van der Waals surface area (Å²) in [6, 6.07) is 23.5. The molecule has 0 spiro atoms. The summed E-state index contributed by atoms with van der Waals surface area (Å²) in [5, 5.41) is 14.4. The number of nitrogens with two attached hydrogens (primary N) is 2. The predicted octanol–water partition coefficient (Wildman–Crippen LogP) is 4.78. The zero-order valence-corrected chi connectivity index (χ0v) is 21.7. The molecule has 0 amide bonds. The van der Waals surface area contributed by atoms with E-state index in [1.165, 1.54) is 0 Å². The zero-order valence-electron chi connectivity index (χ0n) is 21.7. The number of hydrogen-bond donors (Lipinski definition) is 4. The Bertz CT molecular complexity index is 1650. The Hall–Kier alpha value is -4.69. The van der Waals surface area contributed by atoms with Gasteiger partial charge >= 0.3 is 0 Å². The van der Waals surface area contributed by atoms with Crippen molar-refractivity contribution in [2.24, 2.45) is 16.7 Å². The maximum atomic E-state index is 10.4. The van der Waals surface area contributed by atoms with Gasteiger partial charge in [0.05, 0.1) is 6.54 Å². The van der Waals surface area contributed by atoms with E-state index in [-0.39, 0.29) is 11.6 Å². The number of aromatic hydroxyl groups is 1. The molecule has 5 rings (SSSR count). The molecular weight excluding hydrogens is 474 g/mol. The predicted molar refractivity (Wildman–Crippen MR) is 153 cm³/mol. The third-order valence-corrected chi connectivity index (χ3v) is 6.72. The monoisotopic (exact) mass is 505 g/mol. The quantitative estimate of drug-likeness (QED) is 0.109. The van der Waals surface area contributed by atoms with Gasteiger partial charge in [-0.2, -0.15) is 0 Å². The van der Waals surface area contributed by atoms with Crippen LogP contribution in [-0.2, 0) is 13.0 Å².